The highest BCUT2D eigenvalue weighted by molar-refractivity contribution is 5.85. The van der Waals surface area contributed by atoms with Crippen molar-refractivity contribution in [2.75, 3.05) is 6.61 Å². The lowest BCUT2D eigenvalue weighted by molar-refractivity contribution is -0.0421. The third-order valence-corrected chi connectivity index (χ3v) is 2.63. The maximum Gasteiger partial charge on any atom is 0.0879 e. The minimum atomic E-state index is -0.188. The standard InChI is InChI=1S/C11H15NO.ClH/c1-11(2)9-6-4-3-5-8(9)10(12)7-13-11;/h3-6,10H,7,12H2,1-2H3;1H. The maximum atomic E-state index is 5.94. The average Bonchev–Trinajstić information content (AvgIpc) is 2.13. The minimum absolute atomic E-state index is 0. The third-order valence-electron chi connectivity index (χ3n) is 2.63. The molecule has 0 aliphatic carbocycles. The minimum Gasteiger partial charge on any atom is -0.369 e. The number of hydrogen-bond donors (Lipinski definition) is 1. The molecule has 78 valence electrons. The van der Waals surface area contributed by atoms with E-state index in [4.69, 9.17) is 10.5 Å². The van der Waals surface area contributed by atoms with Gasteiger partial charge in [-0.25, -0.2) is 0 Å². The third kappa shape index (κ3) is 1.78. The lowest BCUT2D eigenvalue weighted by Gasteiger charge is -2.35. The molecule has 0 amide bonds. The number of hydrogen-bond acceptors (Lipinski definition) is 2. The first-order valence-electron chi connectivity index (χ1n) is 4.60. The van der Waals surface area contributed by atoms with Gasteiger partial charge in [0.25, 0.3) is 0 Å². The smallest absolute Gasteiger partial charge is 0.0879 e. The molecule has 3 heteroatoms. The summed E-state index contributed by atoms with van der Waals surface area (Å²) in [5, 5.41) is 0. The van der Waals surface area contributed by atoms with Crippen molar-refractivity contribution < 1.29 is 4.74 Å². The SMILES string of the molecule is CC1(C)OCC(N)c2ccccc21.Cl. The van der Waals surface area contributed by atoms with Crippen LogP contribution in [0.1, 0.15) is 31.0 Å². The Morgan fingerprint density at radius 2 is 2.00 bits per heavy atom. The van der Waals surface area contributed by atoms with Crippen LogP contribution in [0.2, 0.25) is 0 Å². The van der Waals surface area contributed by atoms with E-state index in [0.29, 0.717) is 6.61 Å². The molecule has 1 aromatic rings. The molecule has 14 heavy (non-hydrogen) atoms. The summed E-state index contributed by atoms with van der Waals surface area (Å²) in [4.78, 5) is 0. The lowest BCUT2D eigenvalue weighted by Crippen LogP contribution is -2.35. The Morgan fingerprint density at radius 1 is 1.36 bits per heavy atom. The van der Waals surface area contributed by atoms with Crippen LogP contribution in [0.4, 0.5) is 0 Å². The molecule has 0 saturated carbocycles. The van der Waals surface area contributed by atoms with E-state index in [1.165, 1.54) is 11.1 Å². The summed E-state index contributed by atoms with van der Waals surface area (Å²) in [5.41, 5.74) is 8.19. The first-order valence-corrected chi connectivity index (χ1v) is 4.60. The molecule has 0 radical (unpaired) electrons. The monoisotopic (exact) mass is 213 g/mol. The molecule has 2 nitrogen and oxygen atoms in total. The van der Waals surface area contributed by atoms with Crippen LogP contribution in [-0.2, 0) is 10.3 Å². The molecule has 1 unspecified atom stereocenters. The van der Waals surface area contributed by atoms with Gasteiger partial charge in [-0.05, 0) is 25.0 Å². The molecule has 0 bridgehead atoms. The Hall–Kier alpha value is -0.570. The van der Waals surface area contributed by atoms with Crippen LogP contribution in [0.5, 0.6) is 0 Å². The fraction of sp³-hybridized carbons (Fsp3) is 0.455. The fourth-order valence-corrected chi connectivity index (χ4v) is 1.83. The Kier molecular flexibility index (Phi) is 3.20. The summed E-state index contributed by atoms with van der Waals surface area (Å²) >= 11 is 0. The zero-order chi connectivity index (χ0) is 9.47. The normalized spacial score (nSPS) is 23.5. The van der Waals surface area contributed by atoms with Crippen molar-refractivity contribution >= 4 is 12.4 Å². The zero-order valence-electron chi connectivity index (χ0n) is 8.49. The number of nitrogens with two attached hydrogens (primary N) is 1. The maximum absolute atomic E-state index is 5.94. The predicted molar refractivity (Wildman–Crippen MR) is 59.6 cm³/mol. The van der Waals surface area contributed by atoms with Crippen LogP contribution in [-0.4, -0.2) is 6.61 Å². The van der Waals surface area contributed by atoms with Gasteiger partial charge in [0.2, 0.25) is 0 Å². The van der Waals surface area contributed by atoms with Gasteiger partial charge in [-0.3, -0.25) is 0 Å². The molecule has 1 atom stereocenters. The van der Waals surface area contributed by atoms with Gasteiger partial charge in [0.15, 0.2) is 0 Å². The van der Waals surface area contributed by atoms with Crippen molar-refractivity contribution in [2.24, 2.45) is 5.73 Å². The summed E-state index contributed by atoms with van der Waals surface area (Å²) in [6, 6.07) is 8.27. The second-order valence-corrected chi connectivity index (χ2v) is 4.02. The predicted octanol–water partition coefficient (Wildman–Crippen LogP) is 2.37. The first kappa shape index (κ1) is 11.5. The summed E-state index contributed by atoms with van der Waals surface area (Å²) in [7, 11) is 0. The van der Waals surface area contributed by atoms with E-state index < -0.39 is 0 Å². The summed E-state index contributed by atoms with van der Waals surface area (Å²) in [6.45, 7) is 4.78. The largest absolute Gasteiger partial charge is 0.369 e. The molecule has 0 saturated heterocycles. The van der Waals surface area contributed by atoms with Gasteiger partial charge in [0.1, 0.15) is 0 Å². The van der Waals surface area contributed by atoms with Crippen LogP contribution in [0.25, 0.3) is 0 Å². The van der Waals surface area contributed by atoms with Crippen LogP contribution >= 0.6 is 12.4 Å². The van der Waals surface area contributed by atoms with Gasteiger partial charge >= 0.3 is 0 Å². The van der Waals surface area contributed by atoms with E-state index in [1.54, 1.807) is 0 Å². The Balaban J connectivity index is 0.000000980. The summed E-state index contributed by atoms with van der Waals surface area (Å²) < 4.78 is 5.68. The van der Waals surface area contributed by atoms with Crippen LogP contribution < -0.4 is 5.73 Å². The molecule has 0 aromatic heterocycles. The number of ether oxygens (including phenoxy) is 1. The van der Waals surface area contributed by atoms with Crippen LogP contribution in [0.3, 0.4) is 0 Å². The molecule has 1 aliphatic heterocycles. The Labute approximate surface area is 90.9 Å². The highest BCUT2D eigenvalue weighted by Gasteiger charge is 2.31. The zero-order valence-corrected chi connectivity index (χ0v) is 9.30. The molecular weight excluding hydrogens is 198 g/mol. The van der Waals surface area contributed by atoms with Crippen molar-refractivity contribution in [1.29, 1.82) is 0 Å². The molecular formula is C11H16ClNO. The molecule has 0 fully saturated rings. The number of benzene rings is 1. The molecule has 1 aliphatic rings. The van der Waals surface area contributed by atoms with Crippen molar-refractivity contribution in [3.63, 3.8) is 0 Å². The highest BCUT2D eigenvalue weighted by atomic mass is 35.5. The number of fused-ring (bicyclic) bond motifs is 1. The van der Waals surface area contributed by atoms with Gasteiger partial charge in [0, 0.05) is 0 Å². The van der Waals surface area contributed by atoms with Crippen LogP contribution in [0, 0.1) is 0 Å². The van der Waals surface area contributed by atoms with Crippen molar-refractivity contribution in [3.05, 3.63) is 35.4 Å². The van der Waals surface area contributed by atoms with E-state index in [0.717, 1.165) is 0 Å². The molecule has 0 spiro atoms. The van der Waals surface area contributed by atoms with E-state index in [9.17, 15) is 0 Å². The Morgan fingerprint density at radius 3 is 2.64 bits per heavy atom. The van der Waals surface area contributed by atoms with E-state index in [2.05, 4.69) is 26.0 Å². The van der Waals surface area contributed by atoms with Gasteiger partial charge in [-0.1, -0.05) is 24.3 Å². The number of rotatable bonds is 0. The van der Waals surface area contributed by atoms with Gasteiger partial charge in [-0.2, -0.15) is 0 Å². The average molecular weight is 214 g/mol. The van der Waals surface area contributed by atoms with Gasteiger partial charge < -0.3 is 10.5 Å². The second kappa shape index (κ2) is 3.89. The second-order valence-electron chi connectivity index (χ2n) is 4.02. The van der Waals surface area contributed by atoms with Crippen LogP contribution in [0.15, 0.2) is 24.3 Å². The molecule has 2 N–H and O–H groups in total. The van der Waals surface area contributed by atoms with E-state index in [-0.39, 0.29) is 24.0 Å². The topological polar surface area (TPSA) is 35.2 Å². The number of halogens is 1. The van der Waals surface area contributed by atoms with Gasteiger partial charge in [0.05, 0.1) is 18.2 Å². The fourth-order valence-electron chi connectivity index (χ4n) is 1.83. The summed E-state index contributed by atoms with van der Waals surface area (Å²) in [6.07, 6.45) is 0. The Bertz CT molecular complexity index is 325. The van der Waals surface area contributed by atoms with Crippen molar-refractivity contribution in [1.82, 2.24) is 0 Å². The molecule has 2 rings (SSSR count). The highest BCUT2D eigenvalue weighted by Crippen LogP contribution is 2.35. The quantitative estimate of drug-likeness (QED) is 0.718. The van der Waals surface area contributed by atoms with E-state index >= 15 is 0 Å². The molecule has 1 heterocycles. The molecule has 1 aromatic carbocycles. The summed E-state index contributed by atoms with van der Waals surface area (Å²) in [5.74, 6) is 0. The first-order chi connectivity index (χ1) is 6.11. The van der Waals surface area contributed by atoms with Crippen molar-refractivity contribution in [3.8, 4) is 0 Å². The van der Waals surface area contributed by atoms with Crippen molar-refractivity contribution in [2.45, 2.75) is 25.5 Å². The van der Waals surface area contributed by atoms with Gasteiger partial charge in [-0.15, -0.1) is 12.4 Å². The van der Waals surface area contributed by atoms with E-state index in [1.807, 2.05) is 12.1 Å². The lowest BCUT2D eigenvalue weighted by atomic mass is 9.87.